The van der Waals surface area contributed by atoms with Crippen molar-refractivity contribution >= 4 is 12.0 Å². The Balaban J connectivity index is 1.62. The number of ether oxygens (including phenoxy) is 1. The van der Waals surface area contributed by atoms with Crippen molar-refractivity contribution in [1.29, 1.82) is 0 Å². The number of halogens is 2. The molecular weight excluding hydrogens is 396 g/mol. The van der Waals surface area contributed by atoms with Crippen LogP contribution in [0.25, 0.3) is 0 Å². The number of hydrogen-bond donors (Lipinski definition) is 1. The van der Waals surface area contributed by atoms with Gasteiger partial charge < -0.3 is 15.0 Å². The molecule has 0 radical (unpaired) electrons. The molecule has 1 saturated carbocycles. The lowest BCUT2D eigenvalue weighted by Gasteiger charge is -2.32. The summed E-state index contributed by atoms with van der Waals surface area (Å²) in [6.45, 7) is 9.31. The number of benzene rings is 1. The fraction of sp³-hybridized carbons (Fsp3) is 0.619. The molecule has 0 spiro atoms. The van der Waals surface area contributed by atoms with Crippen LogP contribution in [-0.2, 0) is 9.53 Å². The molecule has 2 aliphatic rings. The minimum absolute atomic E-state index is 0.0156. The van der Waals surface area contributed by atoms with Crippen molar-refractivity contribution < 1.29 is 23.1 Å². The summed E-state index contributed by atoms with van der Waals surface area (Å²) in [6, 6.07) is 2.23. The molecule has 3 rings (SSSR count). The number of amides is 2. The Morgan fingerprint density at radius 2 is 1.77 bits per heavy atom. The third-order valence-electron chi connectivity index (χ3n) is 5.66. The Bertz CT molecular complexity index is 856. The van der Waals surface area contributed by atoms with Gasteiger partial charge in [-0.05, 0) is 52.5 Å². The number of fused-ring (bicyclic) bond motifs is 1. The molecule has 1 saturated heterocycles. The maximum absolute atomic E-state index is 14.2. The molecule has 2 fully saturated rings. The number of nitrogens with one attached hydrogen (secondary N) is 1. The van der Waals surface area contributed by atoms with Crippen LogP contribution in [0, 0.1) is 34.3 Å². The van der Waals surface area contributed by atoms with Gasteiger partial charge >= 0.3 is 6.09 Å². The van der Waals surface area contributed by atoms with Crippen LogP contribution in [0.5, 0.6) is 0 Å². The highest BCUT2D eigenvalue weighted by molar-refractivity contribution is 5.84. The van der Waals surface area contributed by atoms with Crippen molar-refractivity contribution in [3.05, 3.63) is 40.3 Å². The fourth-order valence-corrected chi connectivity index (χ4v) is 4.17. The Morgan fingerprint density at radius 1 is 1.17 bits per heavy atom. The molecule has 1 aliphatic carbocycles. The molecule has 7 nitrogen and oxygen atoms in total. The van der Waals surface area contributed by atoms with Crippen LogP contribution in [-0.4, -0.2) is 41.1 Å². The van der Waals surface area contributed by atoms with E-state index in [2.05, 4.69) is 10.5 Å². The molecular formula is C21H27F2N3O4. The highest BCUT2D eigenvalue weighted by Gasteiger charge is 2.61. The average molecular weight is 423 g/mol. The summed E-state index contributed by atoms with van der Waals surface area (Å²) < 4.78 is 33.1. The van der Waals surface area contributed by atoms with E-state index in [1.165, 1.54) is 12.1 Å². The van der Waals surface area contributed by atoms with Gasteiger partial charge in [0.2, 0.25) is 5.91 Å². The van der Waals surface area contributed by atoms with Gasteiger partial charge in [-0.3, -0.25) is 4.79 Å². The summed E-state index contributed by atoms with van der Waals surface area (Å²) >= 11 is 0. The molecule has 3 unspecified atom stereocenters. The first-order valence-corrected chi connectivity index (χ1v) is 9.92. The largest absolute Gasteiger partial charge is 0.444 e. The smallest absolute Gasteiger partial charge is 0.410 e. The molecule has 0 bridgehead atoms. The van der Waals surface area contributed by atoms with Crippen molar-refractivity contribution in [3.63, 3.8) is 0 Å². The van der Waals surface area contributed by atoms with Gasteiger partial charge in [0.05, 0.1) is 5.54 Å². The van der Waals surface area contributed by atoms with Gasteiger partial charge in [0.15, 0.2) is 11.6 Å². The van der Waals surface area contributed by atoms with Gasteiger partial charge in [-0.2, -0.15) is 4.91 Å². The molecule has 3 atom stereocenters. The van der Waals surface area contributed by atoms with Gasteiger partial charge in [-0.1, -0.05) is 17.3 Å². The van der Waals surface area contributed by atoms with Crippen LogP contribution >= 0.6 is 0 Å². The molecule has 1 aromatic carbocycles. The zero-order valence-electron chi connectivity index (χ0n) is 17.7. The van der Waals surface area contributed by atoms with E-state index in [9.17, 15) is 23.3 Å². The van der Waals surface area contributed by atoms with E-state index in [1.807, 2.05) is 0 Å². The third kappa shape index (κ3) is 4.29. The molecule has 1 N–H and O–H groups in total. The number of nitrogens with zero attached hydrogens (tertiary/aromatic N) is 2. The van der Waals surface area contributed by atoms with Crippen LogP contribution in [0.3, 0.4) is 0 Å². The summed E-state index contributed by atoms with van der Waals surface area (Å²) in [7, 11) is 0. The number of carbonyl (C=O) groups excluding carboxylic acids is 2. The molecule has 1 aliphatic heterocycles. The third-order valence-corrected chi connectivity index (χ3v) is 5.66. The van der Waals surface area contributed by atoms with Gasteiger partial charge in [0.25, 0.3) is 0 Å². The minimum Gasteiger partial charge on any atom is -0.444 e. The summed E-state index contributed by atoms with van der Waals surface area (Å²) in [5.74, 6) is -2.79. The number of piperidine rings is 1. The van der Waals surface area contributed by atoms with E-state index in [1.54, 1.807) is 39.5 Å². The topological polar surface area (TPSA) is 88.1 Å². The molecule has 1 heterocycles. The highest BCUT2D eigenvalue weighted by Crippen LogP contribution is 2.52. The standard InChI is InChI=1S/C21H27F2N3O4/c1-20(2,3)30-19(28)26-9-12-13(10-26)15(12)18(27)24-21(4,5)17(25-29)11-7-6-8-14(22)16(11)23/h6-8,12-13,15,17H,9-10H2,1-5H3,(H,24,27). The van der Waals surface area contributed by atoms with E-state index in [4.69, 9.17) is 4.74 Å². The van der Waals surface area contributed by atoms with Crippen LogP contribution in [0.2, 0.25) is 0 Å². The van der Waals surface area contributed by atoms with Gasteiger partial charge in [-0.25, -0.2) is 13.6 Å². The molecule has 0 aromatic heterocycles. The van der Waals surface area contributed by atoms with Crippen molar-refractivity contribution in [1.82, 2.24) is 10.2 Å². The van der Waals surface area contributed by atoms with E-state index < -0.39 is 34.9 Å². The number of hydrogen-bond acceptors (Lipinski definition) is 5. The monoisotopic (exact) mass is 423 g/mol. The van der Waals surface area contributed by atoms with Gasteiger partial charge in [0, 0.05) is 24.6 Å². The average Bonchev–Trinajstić information content (AvgIpc) is 3.11. The predicted octanol–water partition coefficient (Wildman–Crippen LogP) is 3.78. The van der Waals surface area contributed by atoms with Gasteiger partial charge in [-0.15, -0.1) is 0 Å². The SMILES string of the molecule is CC(C)(C)OC(=O)N1CC2C(C1)C2C(=O)NC(C)(C)C(N=O)c1cccc(F)c1F. The van der Waals surface area contributed by atoms with E-state index >= 15 is 0 Å². The lowest BCUT2D eigenvalue weighted by atomic mass is 9.88. The zero-order chi connectivity index (χ0) is 22.4. The normalized spacial score (nSPS) is 24.1. The van der Waals surface area contributed by atoms with E-state index in [0.29, 0.717) is 13.1 Å². The quantitative estimate of drug-likeness (QED) is 0.730. The van der Waals surface area contributed by atoms with E-state index in [0.717, 1.165) is 6.07 Å². The van der Waals surface area contributed by atoms with Crippen LogP contribution < -0.4 is 5.32 Å². The first kappa shape index (κ1) is 22.1. The summed E-state index contributed by atoms with van der Waals surface area (Å²) in [5, 5.41) is 5.73. The summed E-state index contributed by atoms with van der Waals surface area (Å²) in [6.07, 6.45) is -0.402. The second kappa shape index (κ2) is 7.59. The van der Waals surface area contributed by atoms with Crippen LogP contribution in [0.4, 0.5) is 13.6 Å². The van der Waals surface area contributed by atoms with Crippen molar-refractivity contribution in [3.8, 4) is 0 Å². The molecule has 9 heteroatoms. The van der Waals surface area contributed by atoms with Crippen LogP contribution in [0.1, 0.15) is 46.2 Å². The van der Waals surface area contributed by atoms with Gasteiger partial charge in [0.1, 0.15) is 11.6 Å². The Kier molecular flexibility index (Phi) is 5.60. The molecule has 30 heavy (non-hydrogen) atoms. The van der Waals surface area contributed by atoms with Crippen molar-refractivity contribution in [2.45, 2.75) is 51.8 Å². The maximum atomic E-state index is 14.2. The van der Waals surface area contributed by atoms with Crippen molar-refractivity contribution in [2.24, 2.45) is 22.9 Å². The Labute approximate surface area is 174 Å². The minimum atomic E-state index is -1.30. The lowest BCUT2D eigenvalue weighted by Crippen LogP contribution is -2.49. The van der Waals surface area contributed by atoms with E-state index in [-0.39, 0.29) is 29.2 Å². The predicted molar refractivity (Wildman–Crippen MR) is 105 cm³/mol. The van der Waals surface area contributed by atoms with Crippen LogP contribution in [0.15, 0.2) is 23.4 Å². The number of likely N-dealkylation sites (tertiary alicyclic amines) is 1. The molecule has 1 aromatic rings. The lowest BCUT2D eigenvalue weighted by molar-refractivity contribution is -0.125. The van der Waals surface area contributed by atoms with Crippen molar-refractivity contribution in [2.75, 3.05) is 13.1 Å². The molecule has 2 amide bonds. The number of rotatable bonds is 5. The summed E-state index contributed by atoms with van der Waals surface area (Å²) in [5.41, 5.74) is -2.02. The Morgan fingerprint density at radius 3 is 2.30 bits per heavy atom. The second-order valence-electron chi connectivity index (χ2n) is 9.60. The maximum Gasteiger partial charge on any atom is 0.410 e. The highest BCUT2D eigenvalue weighted by atomic mass is 19.2. The first-order valence-electron chi connectivity index (χ1n) is 9.92. The fourth-order valence-electron chi connectivity index (χ4n) is 4.17. The number of nitroso groups, excluding NO2 is 1. The zero-order valence-corrected chi connectivity index (χ0v) is 17.7. The second-order valence-corrected chi connectivity index (χ2v) is 9.60. The molecule has 164 valence electrons. The Hall–Kier alpha value is -2.58. The first-order chi connectivity index (χ1) is 13.9. The number of carbonyl (C=O) groups is 2. The summed E-state index contributed by atoms with van der Waals surface area (Å²) in [4.78, 5) is 38.0.